The number of pyridine rings is 1. The number of esters is 1. The van der Waals surface area contributed by atoms with Gasteiger partial charge >= 0.3 is 5.97 Å². The van der Waals surface area contributed by atoms with E-state index in [0.717, 1.165) is 16.5 Å². The smallest absolute Gasteiger partial charge is 0.356 e. The van der Waals surface area contributed by atoms with Crippen molar-refractivity contribution in [2.75, 3.05) is 20.3 Å². The molecule has 0 saturated carbocycles. The van der Waals surface area contributed by atoms with Gasteiger partial charge in [0.2, 0.25) is 0 Å². The van der Waals surface area contributed by atoms with Crippen molar-refractivity contribution in [2.45, 2.75) is 11.1 Å². The van der Waals surface area contributed by atoms with Gasteiger partial charge in [0, 0.05) is 5.39 Å². The minimum Gasteiger partial charge on any atom is -0.464 e. The molecule has 1 aliphatic rings. The van der Waals surface area contributed by atoms with Crippen LogP contribution >= 0.6 is 15.9 Å². The van der Waals surface area contributed by atoms with Gasteiger partial charge in [0.15, 0.2) is 0 Å². The zero-order valence-corrected chi connectivity index (χ0v) is 13.0. The number of nitrogens with zero attached hydrogens (tertiary/aromatic N) is 1. The average Bonchev–Trinajstić information content (AvgIpc) is 2.53. The Morgan fingerprint density at radius 3 is 2.95 bits per heavy atom. The maximum absolute atomic E-state index is 11.8. The molecule has 0 radical (unpaired) electrons. The normalized spacial score (nSPS) is 22.2. The van der Waals surface area contributed by atoms with Gasteiger partial charge in [-0.3, -0.25) is 0 Å². The van der Waals surface area contributed by atoms with Crippen LogP contribution in [0.25, 0.3) is 10.9 Å². The van der Waals surface area contributed by atoms with Gasteiger partial charge in [-0.1, -0.05) is 34.1 Å². The lowest BCUT2D eigenvalue weighted by Crippen LogP contribution is -2.27. The largest absolute Gasteiger partial charge is 0.464 e. The summed E-state index contributed by atoms with van der Waals surface area (Å²) in [6, 6.07) is 9.35. The Morgan fingerprint density at radius 2 is 2.19 bits per heavy atom. The Morgan fingerprint density at radius 1 is 1.38 bits per heavy atom. The molecule has 2 heterocycles. The zero-order valence-electron chi connectivity index (χ0n) is 11.4. The van der Waals surface area contributed by atoms with Crippen molar-refractivity contribution in [3.05, 3.63) is 41.6 Å². The molecule has 2 aromatic rings. The highest BCUT2D eigenvalue weighted by molar-refractivity contribution is 9.09. The summed E-state index contributed by atoms with van der Waals surface area (Å²) in [7, 11) is 1.34. The summed E-state index contributed by atoms with van der Waals surface area (Å²) in [4.78, 5) is 16.1. The molecule has 3 rings (SSSR count). The summed E-state index contributed by atoms with van der Waals surface area (Å²) in [5.74, 6) is -0.464. The fourth-order valence-electron chi connectivity index (χ4n) is 2.37. The molecule has 0 amide bonds. The van der Waals surface area contributed by atoms with E-state index >= 15 is 0 Å². The molecule has 1 aromatic carbocycles. The van der Waals surface area contributed by atoms with E-state index < -0.39 is 5.97 Å². The van der Waals surface area contributed by atoms with Crippen LogP contribution in [0.5, 0.6) is 0 Å². The number of alkyl halides is 1. The molecule has 0 N–H and O–H groups in total. The van der Waals surface area contributed by atoms with Crippen LogP contribution in [-0.2, 0) is 14.2 Å². The minimum absolute atomic E-state index is 0.162. The molecule has 5 nitrogen and oxygen atoms in total. The van der Waals surface area contributed by atoms with E-state index in [0.29, 0.717) is 13.2 Å². The van der Waals surface area contributed by atoms with Crippen molar-refractivity contribution in [1.82, 2.24) is 4.98 Å². The third-order valence-corrected chi connectivity index (χ3v) is 3.80. The molecule has 1 fully saturated rings. The molecular formula is C15H14BrNO4. The Hall–Kier alpha value is -1.50. The molecule has 0 aliphatic carbocycles. The van der Waals surface area contributed by atoms with Crippen molar-refractivity contribution in [1.29, 1.82) is 0 Å². The Labute approximate surface area is 130 Å². The lowest BCUT2D eigenvalue weighted by Gasteiger charge is -2.28. The van der Waals surface area contributed by atoms with Crippen LogP contribution in [-0.4, -0.2) is 36.3 Å². The van der Waals surface area contributed by atoms with Gasteiger partial charge in [-0.25, -0.2) is 9.78 Å². The van der Waals surface area contributed by atoms with Crippen LogP contribution in [0.15, 0.2) is 30.3 Å². The van der Waals surface area contributed by atoms with E-state index in [1.54, 1.807) is 6.07 Å². The second-order valence-corrected chi connectivity index (χ2v) is 5.70. The monoisotopic (exact) mass is 351 g/mol. The van der Waals surface area contributed by atoms with Gasteiger partial charge < -0.3 is 14.2 Å². The third kappa shape index (κ3) is 2.92. The van der Waals surface area contributed by atoms with Gasteiger partial charge in [0.25, 0.3) is 0 Å². The molecule has 1 saturated heterocycles. The number of ether oxygens (including phenoxy) is 3. The van der Waals surface area contributed by atoms with E-state index in [1.165, 1.54) is 7.11 Å². The second kappa shape index (κ2) is 6.09. The van der Waals surface area contributed by atoms with E-state index in [1.807, 2.05) is 24.3 Å². The van der Waals surface area contributed by atoms with Gasteiger partial charge in [-0.05, 0) is 17.7 Å². The van der Waals surface area contributed by atoms with Gasteiger partial charge in [-0.2, -0.15) is 0 Å². The average molecular weight is 352 g/mol. The predicted octanol–water partition coefficient (Wildman–Crippen LogP) is 2.83. The number of carbonyl (C=O) groups is 1. The number of aromatic nitrogens is 1. The first-order chi connectivity index (χ1) is 10.2. The molecule has 1 aliphatic heterocycles. The molecule has 110 valence electrons. The Balaban J connectivity index is 2.12. The molecule has 21 heavy (non-hydrogen) atoms. The highest BCUT2D eigenvalue weighted by Crippen LogP contribution is 2.31. The van der Waals surface area contributed by atoms with Crippen LogP contribution in [0.4, 0.5) is 0 Å². The number of fused-ring (bicyclic) bond motifs is 1. The maximum Gasteiger partial charge on any atom is 0.356 e. The number of hydrogen-bond acceptors (Lipinski definition) is 5. The van der Waals surface area contributed by atoms with Gasteiger partial charge in [0.05, 0.1) is 25.8 Å². The van der Waals surface area contributed by atoms with Crippen LogP contribution in [0.2, 0.25) is 0 Å². The van der Waals surface area contributed by atoms with Crippen LogP contribution in [0, 0.1) is 0 Å². The number of carbonyl (C=O) groups excluding carboxylic acids is 1. The maximum atomic E-state index is 11.8. The van der Waals surface area contributed by atoms with Crippen LogP contribution in [0.3, 0.4) is 0 Å². The number of halogens is 1. The molecule has 0 spiro atoms. The van der Waals surface area contributed by atoms with Gasteiger partial charge in [0.1, 0.15) is 16.8 Å². The zero-order chi connectivity index (χ0) is 14.8. The van der Waals surface area contributed by atoms with Crippen molar-refractivity contribution < 1.29 is 19.0 Å². The van der Waals surface area contributed by atoms with Crippen LogP contribution in [0.1, 0.15) is 22.2 Å². The number of methoxy groups -OCH3 is 1. The SMILES string of the molecule is COC(=O)c1cc(C2COCC(Br)O2)c2ccccc2n1. The highest BCUT2D eigenvalue weighted by Gasteiger charge is 2.25. The molecule has 2 atom stereocenters. The summed E-state index contributed by atoms with van der Waals surface area (Å²) >= 11 is 3.40. The summed E-state index contributed by atoms with van der Waals surface area (Å²) in [5.41, 5.74) is 1.88. The van der Waals surface area contributed by atoms with E-state index in [4.69, 9.17) is 14.2 Å². The first kappa shape index (κ1) is 14.4. The third-order valence-electron chi connectivity index (χ3n) is 3.32. The van der Waals surface area contributed by atoms with Crippen LogP contribution < -0.4 is 0 Å². The predicted molar refractivity (Wildman–Crippen MR) is 80.4 cm³/mol. The lowest BCUT2D eigenvalue weighted by atomic mass is 10.0. The molecule has 6 heteroatoms. The Kier molecular flexibility index (Phi) is 4.19. The number of benzene rings is 1. The molecule has 0 bridgehead atoms. The van der Waals surface area contributed by atoms with E-state index in [9.17, 15) is 4.79 Å². The summed E-state index contributed by atoms with van der Waals surface area (Å²) in [5, 5.41) is 0.783. The minimum atomic E-state index is -0.464. The fourth-order valence-corrected chi connectivity index (χ4v) is 2.81. The topological polar surface area (TPSA) is 57.7 Å². The van der Waals surface area contributed by atoms with Crippen molar-refractivity contribution >= 4 is 32.8 Å². The lowest BCUT2D eigenvalue weighted by molar-refractivity contribution is -0.102. The highest BCUT2D eigenvalue weighted by atomic mass is 79.9. The molecule has 2 unspecified atom stereocenters. The number of para-hydroxylation sites is 1. The van der Waals surface area contributed by atoms with E-state index in [-0.39, 0.29) is 16.8 Å². The molecular weight excluding hydrogens is 338 g/mol. The first-order valence-electron chi connectivity index (χ1n) is 6.54. The summed E-state index contributed by atoms with van der Waals surface area (Å²) < 4.78 is 16.1. The standard InChI is InChI=1S/C15H14BrNO4/c1-19-15(18)12-6-10(13-7-20-8-14(16)21-13)9-4-2-3-5-11(9)17-12/h2-6,13-14H,7-8H2,1H3. The van der Waals surface area contributed by atoms with Crippen molar-refractivity contribution in [3.8, 4) is 0 Å². The van der Waals surface area contributed by atoms with E-state index in [2.05, 4.69) is 20.9 Å². The summed E-state index contributed by atoms with van der Waals surface area (Å²) in [6.07, 6.45) is -0.251. The fraction of sp³-hybridized carbons (Fsp3) is 0.333. The Bertz CT molecular complexity index is 676. The first-order valence-corrected chi connectivity index (χ1v) is 7.46. The number of rotatable bonds is 2. The van der Waals surface area contributed by atoms with Crippen molar-refractivity contribution in [3.63, 3.8) is 0 Å². The number of hydrogen-bond donors (Lipinski definition) is 0. The summed E-state index contributed by atoms with van der Waals surface area (Å²) in [6.45, 7) is 0.945. The molecule has 1 aromatic heterocycles. The second-order valence-electron chi connectivity index (χ2n) is 4.68. The quantitative estimate of drug-likeness (QED) is 0.615. The van der Waals surface area contributed by atoms with Gasteiger partial charge in [-0.15, -0.1) is 0 Å². The van der Waals surface area contributed by atoms with Crippen molar-refractivity contribution in [2.24, 2.45) is 0 Å².